The number of amides is 2. The number of ether oxygens (including phenoxy) is 2. The molecular formula is C14H24N2O5. The fourth-order valence-electron chi connectivity index (χ4n) is 3.38. The maximum atomic E-state index is 12.1. The number of urea groups is 1. The first-order chi connectivity index (χ1) is 10.1. The summed E-state index contributed by atoms with van der Waals surface area (Å²) in [5.41, 5.74) is -0.716. The van der Waals surface area contributed by atoms with Gasteiger partial charge in [0.1, 0.15) is 0 Å². The van der Waals surface area contributed by atoms with Crippen molar-refractivity contribution in [1.29, 1.82) is 0 Å². The van der Waals surface area contributed by atoms with Crippen molar-refractivity contribution in [3.05, 3.63) is 0 Å². The second-order valence-corrected chi connectivity index (χ2v) is 5.77. The summed E-state index contributed by atoms with van der Waals surface area (Å²) in [6.45, 7) is 2.75. The number of hydrogen-bond donors (Lipinski definition) is 2. The van der Waals surface area contributed by atoms with Gasteiger partial charge in [-0.05, 0) is 18.8 Å². The Balaban J connectivity index is 1.74. The molecule has 2 aliphatic rings. The minimum atomic E-state index is -0.761. The number of methoxy groups -OCH3 is 1. The molecule has 1 aliphatic carbocycles. The van der Waals surface area contributed by atoms with Gasteiger partial charge in [-0.2, -0.15) is 0 Å². The van der Waals surface area contributed by atoms with Gasteiger partial charge < -0.3 is 24.8 Å². The number of carbonyl (C=O) groups is 2. The molecule has 2 amide bonds. The monoisotopic (exact) mass is 300 g/mol. The van der Waals surface area contributed by atoms with Crippen LogP contribution in [-0.2, 0) is 14.3 Å². The number of carboxylic acid groups (broad SMARTS) is 1. The van der Waals surface area contributed by atoms with Gasteiger partial charge in [0.05, 0.1) is 25.2 Å². The topological polar surface area (TPSA) is 88.1 Å². The first kappa shape index (κ1) is 16.0. The zero-order valence-electron chi connectivity index (χ0n) is 12.5. The van der Waals surface area contributed by atoms with E-state index in [2.05, 4.69) is 5.32 Å². The van der Waals surface area contributed by atoms with Gasteiger partial charge >= 0.3 is 12.0 Å². The third kappa shape index (κ3) is 3.47. The van der Waals surface area contributed by atoms with E-state index in [4.69, 9.17) is 9.47 Å². The number of likely N-dealkylation sites (tertiary alicyclic amines) is 1. The van der Waals surface area contributed by atoms with Gasteiger partial charge in [-0.15, -0.1) is 0 Å². The molecule has 1 saturated heterocycles. The van der Waals surface area contributed by atoms with Crippen LogP contribution < -0.4 is 5.32 Å². The van der Waals surface area contributed by atoms with Crippen molar-refractivity contribution in [1.82, 2.24) is 10.2 Å². The van der Waals surface area contributed by atoms with Crippen molar-refractivity contribution in [2.45, 2.75) is 19.3 Å². The molecule has 1 saturated carbocycles. The molecule has 120 valence electrons. The van der Waals surface area contributed by atoms with Gasteiger partial charge in [0.25, 0.3) is 0 Å². The van der Waals surface area contributed by atoms with Gasteiger partial charge in [-0.1, -0.05) is 6.42 Å². The predicted octanol–water partition coefficient (Wildman–Crippen LogP) is 0.546. The summed E-state index contributed by atoms with van der Waals surface area (Å²) in [5, 5.41) is 12.3. The van der Waals surface area contributed by atoms with E-state index in [0.29, 0.717) is 45.9 Å². The molecule has 2 rings (SSSR count). The number of nitrogens with one attached hydrogen (secondary N) is 1. The number of carboxylic acids is 1. The Morgan fingerprint density at radius 2 is 2.19 bits per heavy atom. The van der Waals surface area contributed by atoms with Gasteiger partial charge in [0, 0.05) is 26.7 Å². The Morgan fingerprint density at radius 3 is 2.86 bits per heavy atom. The van der Waals surface area contributed by atoms with Gasteiger partial charge in [-0.3, -0.25) is 4.79 Å². The average Bonchev–Trinajstić information content (AvgIpc) is 3.00. The highest BCUT2D eigenvalue weighted by molar-refractivity contribution is 5.80. The van der Waals surface area contributed by atoms with Crippen molar-refractivity contribution < 1.29 is 24.2 Å². The number of rotatable bonds is 7. The van der Waals surface area contributed by atoms with Crippen LogP contribution in [0.15, 0.2) is 0 Å². The molecule has 21 heavy (non-hydrogen) atoms. The van der Waals surface area contributed by atoms with E-state index in [1.165, 1.54) is 0 Å². The summed E-state index contributed by atoms with van der Waals surface area (Å²) in [7, 11) is 1.60. The zero-order valence-corrected chi connectivity index (χ0v) is 12.5. The van der Waals surface area contributed by atoms with Crippen LogP contribution in [0.2, 0.25) is 0 Å². The van der Waals surface area contributed by atoms with Crippen LogP contribution in [0.25, 0.3) is 0 Å². The molecule has 1 aliphatic heterocycles. The SMILES string of the molecule is COCCOCCNC(=O)N1C[C@@H]2CCC[C@@]2(C(=O)O)C1. The summed E-state index contributed by atoms with van der Waals surface area (Å²) in [6, 6.07) is -0.194. The van der Waals surface area contributed by atoms with Gasteiger partial charge in [0.2, 0.25) is 0 Å². The second-order valence-electron chi connectivity index (χ2n) is 5.77. The van der Waals surface area contributed by atoms with Gasteiger partial charge in [0.15, 0.2) is 0 Å². The van der Waals surface area contributed by atoms with Crippen molar-refractivity contribution >= 4 is 12.0 Å². The van der Waals surface area contributed by atoms with Crippen molar-refractivity contribution in [2.24, 2.45) is 11.3 Å². The standard InChI is InChI=1S/C14H24N2O5/c1-20-7-8-21-6-5-15-13(19)16-9-11-3-2-4-14(11,10-16)12(17)18/h11H,2-10H2,1H3,(H,15,19)(H,17,18)/t11-,14+/m0/s1. The smallest absolute Gasteiger partial charge is 0.317 e. The number of hydrogen-bond acceptors (Lipinski definition) is 4. The summed E-state index contributed by atoms with van der Waals surface area (Å²) < 4.78 is 10.1. The van der Waals surface area contributed by atoms with Crippen molar-refractivity contribution in [3.8, 4) is 0 Å². The van der Waals surface area contributed by atoms with Crippen LogP contribution in [-0.4, -0.2) is 68.6 Å². The molecule has 0 bridgehead atoms. The van der Waals surface area contributed by atoms with E-state index in [1.54, 1.807) is 12.0 Å². The van der Waals surface area contributed by atoms with Crippen LogP contribution in [0, 0.1) is 11.3 Å². The number of carbonyl (C=O) groups excluding carboxylic acids is 1. The van der Waals surface area contributed by atoms with Crippen molar-refractivity contribution in [3.63, 3.8) is 0 Å². The van der Waals surface area contributed by atoms with Crippen LogP contribution in [0.3, 0.4) is 0 Å². The highest BCUT2D eigenvalue weighted by Gasteiger charge is 2.55. The number of fused-ring (bicyclic) bond motifs is 1. The molecule has 2 N–H and O–H groups in total. The highest BCUT2D eigenvalue weighted by Crippen LogP contribution is 2.48. The predicted molar refractivity (Wildman–Crippen MR) is 75.1 cm³/mol. The third-order valence-corrected chi connectivity index (χ3v) is 4.54. The van der Waals surface area contributed by atoms with E-state index in [9.17, 15) is 14.7 Å². The maximum Gasteiger partial charge on any atom is 0.317 e. The van der Waals surface area contributed by atoms with E-state index in [1.807, 2.05) is 0 Å². The second kappa shape index (κ2) is 7.09. The van der Waals surface area contributed by atoms with E-state index >= 15 is 0 Å². The lowest BCUT2D eigenvalue weighted by molar-refractivity contribution is -0.149. The Bertz CT molecular complexity index is 390. The molecule has 7 nitrogen and oxygen atoms in total. The summed E-state index contributed by atoms with van der Waals surface area (Å²) in [4.78, 5) is 25.2. The minimum absolute atomic E-state index is 0.0960. The third-order valence-electron chi connectivity index (χ3n) is 4.54. The Morgan fingerprint density at radius 1 is 1.38 bits per heavy atom. The fraction of sp³-hybridized carbons (Fsp3) is 0.857. The van der Waals surface area contributed by atoms with E-state index in [-0.39, 0.29) is 11.9 Å². The molecule has 0 aromatic heterocycles. The van der Waals surface area contributed by atoms with Crippen LogP contribution in [0.5, 0.6) is 0 Å². The van der Waals surface area contributed by atoms with Crippen molar-refractivity contribution in [2.75, 3.05) is 46.6 Å². The van der Waals surface area contributed by atoms with Crippen LogP contribution in [0.4, 0.5) is 4.79 Å². The molecule has 7 heteroatoms. The molecule has 0 aromatic rings. The largest absolute Gasteiger partial charge is 0.481 e. The minimum Gasteiger partial charge on any atom is -0.481 e. The average molecular weight is 300 g/mol. The fourth-order valence-corrected chi connectivity index (χ4v) is 3.38. The quantitative estimate of drug-likeness (QED) is 0.670. The lowest BCUT2D eigenvalue weighted by atomic mass is 9.81. The first-order valence-electron chi connectivity index (χ1n) is 7.43. The van der Waals surface area contributed by atoms with Gasteiger partial charge in [-0.25, -0.2) is 4.79 Å². The molecule has 0 spiro atoms. The van der Waals surface area contributed by atoms with Crippen LogP contribution in [0.1, 0.15) is 19.3 Å². The van der Waals surface area contributed by atoms with E-state index < -0.39 is 11.4 Å². The molecule has 1 heterocycles. The Labute approximate surface area is 124 Å². The normalized spacial score (nSPS) is 27.7. The van der Waals surface area contributed by atoms with E-state index in [0.717, 1.165) is 12.8 Å². The molecular weight excluding hydrogens is 276 g/mol. The first-order valence-corrected chi connectivity index (χ1v) is 7.43. The summed E-state index contributed by atoms with van der Waals surface area (Å²) in [6.07, 6.45) is 2.52. The molecule has 2 fully saturated rings. The summed E-state index contributed by atoms with van der Waals surface area (Å²) >= 11 is 0. The lowest BCUT2D eigenvalue weighted by Crippen LogP contribution is -2.42. The summed E-state index contributed by atoms with van der Waals surface area (Å²) in [5.74, 6) is -0.665. The number of aliphatic carboxylic acids is 1. The highest BCUT2D eigenvalue weighted by atomic mass is 16.5. The lowest BCUT2D eigenvalue weighted by Gasteiger charge is -2.23. The number of nitrogens with zero attached hydrogens (tertiary/aromatic N) is 1. The molecule has 0 aromatic carbocycles. The zero-order chi connectivity index (χ0) is 15.3. The van der Waals surface area contributed by atoms with Crippen LogP contribution >= 0.6 is 0 Å². The molecule has 0 radical (unpaired) electrons. The molecule has 0 unspecified atom stereocenters. The Kier molecular flexibility index (Phi) is 5.41. The Hall–Kier alpha value is -1.34. The maximum absolute atomic E-state index is 12.1. The molecule has 2 atom stereocenters.